The van der Waals surface area contributed by atoms with Crippen LogP contribution in [0.5, 0.6) is 0 Å². The number of thiophene rings is 1. The van der Waals surface area contributed by atoms with E-state index >= 15 is 0 Å². The van der Waals surface area contributed by atoms with Crippen LogP contribution in [0.15, 0.2) is 12.1 Å². The van der Waals surface area contributed by atoms with E-state index in [0.717, 1.165) is 35.7 Å². The van der Waals surface area contributed by atoms with Gasteiger partial charge in [-0.25, -0.2) is 0 Å². The third-order valence-electron chi connectivity index (χ3n) is 3.24. The summed E-state index contributed by atoms with van der Waals surface area (Å²) in [6, 6.07) is 5.12. The van der Waals surface area contributed by atoms with Gasteiger partial charge in [0.2, 0.25) is 0 Å². The number of piperidine rings is 1. The van der Waals surface area contributed by atoms with Gasteiger partial charge >= 0.3 is 5.00 Å². The van der Waals surface area contributed by atoms with E-state index in [1.807, 2.05) is 0 Å². The average Bonchev–Trinajstić information content (AvgIpc) is 2.80. The fourth-order valence-electron chi connectivity index (χ4n) is 2.37. The highest BCUT2D eigenvalue weighted by Crippen LogP contribution is 2.33. The predicted molar refractivity (Wildman–Crippen MR) is 69.3 cm³/mol. The Hall–Kier alpha value is -1.45. The van der Waals surface area contributed by atoms with Gasteiger partial charge in [-0.05, 0) is 31.4 Å². The van der Waals surface area contributed by atoms with E-state index in [-0.39, 0.29) is 11.0 Å². The van der Waals surface area contributed by atoms with Crippen molar-refractivity contribution in [1.82, 2.24) is 4.90 Å². The molecule has 1 aromatic heterocycles. The first kappa shape index (κ1) is 13.0. The van der Waals surface area contributed by atoms with Gasteiger partial charge in [0.05, 0.1) is 11.0 Å². The lowest BCUT2D eigenvalue weighted by Gasteiger charge is -2.33. The molecule has 5 nitrogen and oxygen atoms in total. The fourth-order valence-corrected chi connectivity index (χ4v) is 3.27. The number of nitro groups is 1. The molecule has 0 aromatic carbocycles. The molecule has 0 amide bonds. The zero-order chi connectivity index (χ0) is 13.1. The molecule has 1 aliphatic heterocycles. The van der Waals surface area contributed by atoms with Gasteiger partial charge in [0.1, 0.15) is 6.04 Å². The lowest BCUT2D eigenvalue weighted by Crippen LogP contribution is -2.36. The first-order valence-electron chi connectivity index (χ1n) is 5.99. The Morgan fingerprint density at radius 2 is 2.44 bits per heavy atom. The van der Waals surface area contributed by atoms with Gasteiger partial charge in [0.25, 0.3) is 0 Å². The van der Waals surface area contributed by atoms with Crippen LogP contribution in [-0.4, -0.2) is 22.9 Å². The summed E-state index contributed by atoms with van der Waals surface area (Å²) in [5.74, 6) is 0.588. The van der Waals surface area contributed by atoms with Crippen molar-refractivity contribution in [3.05, 3.63) is 27.1 Å². The molecule has 1 aromatic rings. The minimum absolute atomic E-state index is 0.107. The van der Waals surface area contributed by atoms with Crippen molar-refractivity contribution in [2.75, 3.05) is 13.1 Å². The molecule has 6 heteroatoms. The fraction of sp³-hybridized carbons (Fsp3) is 0.583. The topological polar surface area (TPSA) is 70.2 Å². The highest BCUT2D eigenvalue weighted by atomic mass is 32.1. The van der Waals surface area contributed by atoms with Gasteiger partial charge < -0.3 is 0 Å². The van der Waals surface area contributed by atoms with Gasteiger partial charge in [-0.1, -0.05) is 18.3 Å². The molecule has 1 aliphatic rings. The van der Waals surface area contributed by atoms with Crippen LogP contribution >= 0.6 is 11.3 Å². The molecular weight excluding hydrogens is 250 g/mol. The second-order valence-corrected chi connectivity index (χ2v) is 5.80. The third kappa shape index (κ3) is 2.68. The lowest BCUT2D eigenvalue weighted by atomic mass is 9.98. The minimum atomic E-state index is -0.401. The molecular formula is C12H15N3O2S. The van der Waals surface area contributed by atoms with Crippen LogP contribution in [0, 0.1) is 27.4 Å². The molecule has 18 heavy (non-hydrogen) atoms. The van der Waals surface area contributed by atoms with Crippen LogP contribution in [0.4, 0.5) is 5.00 Å². The van der Waals surface area contributed by atoms with Crippen molar-refractivity contribution in [1.29, 1.82) is 5.26 Å². The molecule has 2 atom stereocenters. The summed E-state index contributed by atoms with van der Waals surface area (Å²) in [5.41, 5.74) is 0. The number of nitriles is 1. The summed E-state index contributed by atoms with van der Waals surface area (Å²) < 4.78 is 0. The van der Waals surface area contributed by atoms with Crippen molar-refractivity contribution in [2.24, 2.45) is 5.92 Å². The maximum absolute atomic E-state index is 10.7. The van der Waals surface area contributed by atoms with Crippen molar-refractivity contribution in [3.8, 4) is 6.07 Å². The van der Waals surface area contributed by atoms with Crippen LogP contribution in [-0.2, 0) is 0 Å². The number of likely N-dealkylation sites (tertiary alicyclic amines) is 1. The number of hydrogen-bond donors (Lipinski definition) is 0. The van der Waals surface area contributed by atoms with Crippen LogP contribution in [0.2, 0.25) is 0 Å². The van der Waals surface area contributed by atoms with Gasteiger partial charge in [-0.15, -0.1) is 0 Å². The van der Waals surface area contributed by atoms with E-state index in [2.05, 4.69) is 17.9 Å². The Labute approximate surface area is 110 Å². The van der Waals surface area contributed by atoms with Crippen molar-refractivity contribution < 1.29 is 4.92 Å². The second kappa shape index (κ2) is 5.46. The maximum atomic E-state index is 10.7. The monoisotopic (exact) mass is 265 g/mol. The Morgan fingerprint density at radius 3 is 3.00 bits per heavy atom. The van der Waals surface area contributed by atoms with Crippen molar-refractivity contribution in [2.45, 2.75) is 25.8 Å². The largest absolute Gasteiger partial charge is 0.324 e. The highest BCUT2D eigenvalue weighted by Gasteiger charge is 2.27. The first-order chi connectivity index (χ1) is 8.61. The van der Waals surface area contributed by atoms with E-state index in [0.29, 0.717) is 5.92 Å². The molecule has 1 fully saturated rings. The number of hydrogen-bond acceptors (Lipinski definition) is 5. The van der Waals surface area contributed by atoms with Crippen molar-refractivity contribution >= 4 is 16.3 Å². The Kier molecular flexibility index (Phi) is 3.94. The molecule has 2 unspecified atom stereocenters. The first-order valence-corrected chi connectivity index (χ1v) is 6.81. The minimum Gasteiger partial charge on any atom is -0.283 e. The van der Waals surface area contributed by atoms with E-state index in [1.165, 1.54) is 12.5 Å². The van der Waals surface area contributed by atoms with Gasteiger partial charge in [-0.2, -0.15) is 5.26 Å². The average molecular weight is 265 g/mol. The van der Waals surface area contributed by atoms with Gasteiger partial charge in [-0.3, -0.25) is 15.0 Å². The number of nitrogens with zero attached hydrogens (tertiary/aromatic N) is 3. The molecule has 0 saturated carbocycles. The maximum Gasteiger partial charge on any atom is 0.324 e. The molecule has 1 saturated heterocycles. The Balaban J connectivity index is 2.17. The second-order valence-electron chi connectivity index (χ2n) is 4.71. The molecule has 0 N–H and O–H groups in total. The van der Waals surface area contributed by atoms with Gasteiger partial charge in [0.15, 0.2) is 0 Å². The normalized spacial score (nSPS) is 22.3. The van der Waals surface area contributed by atoms with Crippen LogP contribution in [0.1, 0.15) is 30.7 Å². The number of rotatable bonds is 3. The predicted octanol–water partition coefficient (Wildman–Crippen LogP) is 2.95. The van der Waals surface area contributed by atoms with Crippen LogP contribution in [0.3, 0.4) is 0 Å². The third-order valence-corrected chi connectivity index (χ3v) is 4.33. The summed E-state index contributed by atoms with van der Waals surface area (Å²) in [6.45, 7) is 3.97. The Morgan fingerprint density at radius 1 is 1.67 bits per heavy atom. The van der Waals surface area contributed by atoms with Crippen molar-refractivity contribution in [3.63, 3.8) is 0 Å². The van der Waals surface area contributed by atoms with Crippen LogP contribution in [0.25, 0.3) is 0 Å². The van der Waals surface area contributed by atoms with E-state index in [1.54, 1.807) is 6.07 Å². The summed E-state index contributed by atoms with van der Waals surface area (Å²) in [6.07, 6.45) is 2.28. The molecule has 0 bridgehead atoms. The lowest BCUT2D eigenvalue weighted by molar-refractivity contribution is -0.380. The summed E-state index contributed by atoms with van der Waals surface area (Å²) >= 11 is 1.11. The van der Waals surface area contributed by atoms with E-state index in [9.17, 15) is 15.4 Å². The van der Waals surface area contributed by atoms with Gasteiger partial charge in [0, 0.05) is 17.5 Å². The molecule has 0 radical (unpaired) electrons. The van der Waals surface area contributed by atoms with E-state index < -0.39 is 4.92 Å². The van der Waals surface area contributed by atoms with Crippen LogP contribution < -0.4 is 0 Å². The Bertz CT molecular complexity index is 480. The molecule has 96 valence electrons. The highest BCUT2D eigenvalue weighted by molar-refractivity contribution is 7.15. The quantitative estimate of drug-likeness (QED) is 0.622. The zero-order valence-corrected chi connectivity index (χ0v) is 11.0. The zero-order valence-electron chi connectivity index (χ0n) is 10.2. The molecule has 2 heterocycles. The SMILES string of the molecule is CC1CCCN(C(C#N)c2ccc([N+](=O)[O-])s2)C1. The standard InChI is InChI=1S/C12H15N3O2S/c1-9-3-2-6-14(8-9)10(7-13)11-4-5-12(18-11)15(16)17/h4-5,9-10H,2-3,6,8H2,1H3. The summed E-state index contributed by atoms with van der Waals surface area (Å²) in [5, 5.41) is 20.1. The molecule has 0 spiro atoms. The van der Waals surface area contributed by atoms with E-state index in [4.69, 9.17) is 0 Å². The molecule has 2 rings (SSSR count). The summed E-state index contributed by atoms with van der Waals surface area (Å²) in [4.78, 5) is 13.2. The molecule has 0 aliphatic carbocycles. The smallest absolute Gasteiger partial charge is 0.283 e. The summed E-state index contributed by atoms with van der Waals surface area (Å²) in [7, 11) is 0.